The molecule has 92 valence electrons. The zero-order chi connectivity index (χ0) is 13.0. The van der Waals surface area contributed by atoms with Gasteiger partial charge in [-0.3, -0.25) is 0 Å². The highest BCUT2D eigenvalue weighted by molar-refractivity contribution is 7.99. The lowest BCUT2D eigenvalue weighted by molar-refractivity contribution is 0.578. The largest absolute Gasteiger partial charge is 0.463 e. The monoisotopic (exact) mass is 279 g/mol. The molecular formula is C12H10ClN3OS. The van der Waals surface area contributed by atoms with Crippen molar-refractivity contribution in [2.24, 2.45) is 0 Å². The van der Waals surface area contributed by atoms with Crippen LogP contribution in [-0.4, -0.2) is 15.7 Å². The van der Waals surface area contributed by atoms with E-state index in [0.717, 1.165) is 12.2 Å². The molecule has 6 heteroatoms. The number of thioether (sulfide) groups is 1. The van der Waals surface area contributed by atoms with Crippen LogP contribution in [0.5, 0.6) is 0 Å². The van der Waals surface area contributed by atoms with Crippen LogP contribution >= 0.6 is 23.4 Å². The fourth-order valence-corrected chi connectivity index (χ4v) is 2.32. The van der Waals surface area contributed by atoms with Crippen LogP contribution < -0.4 is 0 Å². The smallest absolute Gasteiger partial charge is 0.189 e. The van der Waals surface area contributed by atoms with Gasteiger partial charge < -0.3 is 4.42 Å². The van der Waals surface area contributed by atoms with Crippen LogP contribution in [0.1, 0.15) is 18.9 Å². The lowest BCUT2D eigenvalue weighted by Crippen LogP contribution is -1.96. The van der Waals surface area contributed by atoms with E-state index in [4.69, 9.17) is 21.3 Å². The van der Waals surface area contributed by atoms with Crippen LogP contribution in [0, 0.1) is 11.3 Å². The van der Waals surface area contributed by atoms with Crippen molar-refractivity contribution in [2.45, 2.75) is 18.5 Å². The lowest BCUT2D eigenvalue weighted by Gasteiger charge is -2.05. The molecule has 2 aromatic heterocycles. The van der Waals surface area contributed by atoms with Crippen molar-refractivity contribution in [1.82, 2.24) is 9.97 Å². The maximum atomic E-state index is 9.10. The first kappa shape index (κ1) is 12.9. The Kier molecular flexibility index (Phi) is 4.24. The minimum atomic E-state index is 0.164. The van der Waals surface area contributed by atoms with E-state index in [9.17, 15) is 0 Å². The van der Waals surface area contributed by atoms with Crippen molar-refractivity contribution in [3.05, 3.63) is 29.1 Å². The zero-order valence-electron chi connectivity index (χ0n) is 9.68. The van der Waals surface area contributed by atoms with Gasteiger partial charge in [-0.25, -0.2) is 9.97 Å². The third kappa shape index (κ3) is 2.66. The van der Waals surface area contributed by atoms with Gasteiger partial charge in [0.05, 0.1) is 6.26 Å². The van der Waals surface area contributed by atoms with Gasteiger partial charge in [0, 0.05) is 5.75 Å². The SMILES string of the molecule is CCCSc1nc(Cl)c(C#N)c(-c2ccco2)n1. The number of nitriles is 1. The molecule has 0 saturated carbocycles. The Balaban J connectivity index is 2.48. The van der Waals surface area contributed by atoms with Gasteiger partial charge in [0.25, 0.3) is 0 Å². The molecule has 2 aromatic rings. The van der Waals surface area contributed by atoms with Crippen LogP contribution in [0.4, 0.5) is 0 Å². The molecule has 0 N–H and O–H groups in total. The Labute approximate surface area is 114 Å². The first-order chi connectivity index (χ1) is 8.76. The minimum absolute atomic E-state index is 0.164. The van der Waals surface area contributed by atoms with Gasteiger partial charge in [0.1, 0.15) is 17.3 Å². The number of aromatic nitrogens is 2. The van der Waals surface area contributed by atoms with E-state index < -0.39 is 0 Å². The Hall–Kier alpha value is -1.51. The van der Waals surface area contributed by atoms with Gasteiger partial charge in [-0.05, 0) is 18.6 Å². The van der Waals surface area contributed by atoms with Crippen LogP contribution in [0.2, 0.25) is 5.15 Å². The number of nitrogens with zero attached hydrogens (tertiary/aromatic N) is 3. The average Bonchev–Trinajstić information content (AvgIpc) is 2.89. The summed E-state index contributed by atoms with van der Waals surface area (Å²) in [5.41, 5.74) is 0.688. The molecule has 0 spiro atoms. The molecule has 0 amide bonds. The first-order valence-electron chi connectivity index (χ1n) is 5.40. The van der Waals surface area contributed by atoms with E-state index in [2.05, 4.69) is 16.9 Å². The highest BCUT2D eigenvalue weighted by atomic mass is 35.5. The summed E-state index contributed by atoms with van der Waals surface area (Å²) in [6.07, 6.45) is 2.55. The molecule has 0 unspecified atom stereocenters. The standard InChI is InChI=1S/C12H10ClN3OS/c1-2-6-18-12-15-10(9-4-3-5-17-9)8(7-14)11(13)16-12/h3-5H,2,6H2,1H3. The fourth-order valence-electron chi connectivity index (χ4n) is 1.36. The van der Waals surface area contributed by atoms with Crippen LogP contribution in [0.15, 0.2) is 28.0 Å². The number of halogens is 1. The summed E-state index contributed by atoms with van der Waals surface area (Å²) in [5, 5.41) is 9.83. The molecule has 0 aliphatic rings. The van der Waals surface area contributed by atoms with Crippen molar-refractivity contribution >= 4 is 23.4 Å². The average molecular weight is 280 g/mol. The summed E-state index contributed by atoms with van der Waals surface area (Å²) in [4.78, 5) is 8.44. The van der Waals surface area contributed by atoms with Crippen LogP contribution in [0.25, 0.3) is 11.5 Å². The summed E-state index contributed by atoms with van der Waals surface area (Å²) >= 11 is 7.51. The van der Waals surface area contributed by atoms with Crippen molar-refractivity contribution < 1.29 is 4.42 Å². The molecule has 0 atom stereocenters. The molecule has 2 heterocycles. The molecule has 0 fully saturated rings. The topological polar surface area (TPSA) is 62.7 Å². The second-order valence-corrected chi connectivity index (χ2v) is 4.88. The van der Waals surface area contributed by atoms with E-state index in [0.29, 0.717) is 16.6 Å². The molecule has 0 aromatic carbocycles. The van der Waals surface area contributed by atoms with Gasteiger partial charge in [-0.2, -0.15) is 5.26 Å². The molecular weight excluding hydrogens is 270 g/mol. The Morgan fingerprint density at radius 1 is 1.50 bits per heavy atom. The highest BCUT2D eigenvalue weighted by Crippen LogP contribution is 2.28. The van der Waals surface area contributed by atoms with Crippen molar-refractivity contribution in [3.8, 4) is 17.5 Å². The van der Waals surface area contributed by atoms with Gasteiger partial charge in [-0.15, -0.1) is 0 Å². The van der Waals surface area contributed by atoms with Crippen molar-refractivity contribution in [2.75, 3.05) is 5.75 Å². The zero-order valence-corrected chi connectivity index (χ0v) is 11.3. The first-order valence-corrected chi connectivity index (χ1v) is 6.77. The normalized spacial score (nSPS) is 10.3. The Bertz CT molecular complexity index is 578. The third-order valence-electron chi connectivity index (χ3n) is 2.15. The predicted molar refractivity (Wildman–Crippen MR) is 70.5 cm³/mol. The number of rotatable bonds is 4. The molecule has 0 aliphatic carbocycles. The maximum absolute atomic E-state index is 9.10. The summed E-state index contributed by atoms with van der Waals surface area (Å²) in [7, 11) is 0. The second-order valence-electron chi connectivity index (χ2n) is 3.46. The summed E-state index contributed by atoms with van der Waals surface area (Å²) in [6.45, 7) is 2.08. The minimum Gasteiger partial charge on any atom is -0.463 e. The summed E-state index contributed by atoms with van der Waals surface area (Å²) < 4.78 is 5.27. The third-order valence-corrected chi connectivity index (χ3v) is 3.47. The second kappa shape index (κ2) is 5.89. The number of furan rings is 1. The number of hydrogen-bond donors (Lipinski definition) is 0. The van der Waals surface area contributed by atoms with Gasteiger partial charge >= 0.3 is 0 Å². The van der Waals surface area contributed by atoms with Crippen LogP contribution in [-0.2, 0) is 0 Å². The van der Waals surface area contributed by atoms with Crippen LogP contribution in [0.3, 0.4) is 0 Å². The molecule has 0 bridgehead atoms. The molecule has 18 heavy (non-hydrogen) atoms. The number of hydrogen-bond acceptors (Lipinski definition) is 5. The van der Waals surface area contributed by atoms with E-state index in [1.165, 1.54) is 18.0 Å². The Morgan fingerprint density at radius 2 is 2.33 bits per heavy atom. The van der Waals surface area contributed by atoms with Gasteiger partial charge in [-0.1, -0.05) is 30.3 Å². The van der Waals surface area contributed by atoms with E-state index in [1.807, 2.05) is 6.07 Å². The van der Waals surface area contributed by atoms with E-state index >= 15 is 0 Å². The summed E-state index contributed by atoms with van der Waals surface area (Å²) in [6, 6.07) is 5.49. The van der Waals surface area contributed by atoms with Gasteiger partial charge in [0.2, 0.25) is 0 Å². The highest BCUT2D eigenvalue weighted by Gasteiger charge is 2.16. The molecule has 0 aliphatic heterocycles. The lowest BCUT2D eigenvalue weighted by atomic mass is 10.2. The molecule has 4 nitrogen and oxygen atoms in total. The fraction of sp³-hybridized carbons (Fsp3) is 0.250. The maximum Gasteiger partial charge on any atom is 0.189 e. The Morgan fingerprint density at radius 3 is 2.94 bits per heavy atom. The van der Waals surface area contributed by atoms with E-state index in [1.54, 1.807) is 12.1 Å². The van der Waals surface area contributed by atoms with E-state index in [-0.39, 0.29) is 10.7 Å². The van der Waals surface area contributed by atoms with Crippen molar-refractivity contribution in [1.29, 1.82) is 5.26 Å². The summed E-state index contributed by atoms with van der Waals surface area (Å²) in [5.74, 6) is 1.43. The quantitative estimate of drug-likeness (QED) is 0.484. The molecule has 0 radical (unpaired) electrons. The molecule has 2 rings (SSSR count). The predicted octanol–water partition coefficient (Wildman–Crippen LogP) is 3.76. The van der Waals surface area contributed by atoms with Crippen molar-refractivity contribution in [3.63, 3.8) is 0 Å². The molecule has 0 saturated heterocycles. The van der Waals surface area contributed by atoms with Gasteiger partial charge in [0.15, 0.2) is 16.1 Å².